The second-order valence-electron chi connectivity index (χ2n) is 5.63. The fourth-order valence-corrected chi connectivity index (χ4v) is 2.78. The molecule has 2 aliphatic rings. The molecule has 2 aliphatic heterocycles. The first kappa shape index (κ1) is 13.0. The minimum Gasteiger partial charge on any atom is -0.375 e. The molecular weight excluding hydrogens is 264 g/mol. The predicted molar refractivity (Wildman–Crippen MR) is 78.9 cm³/mol. The van der Waals surface area contributed by atoms with Gasteiger partial charge in [0.05, 0.1) is 19.8 Å². The van der Waals surface area contributed by atoms with Crippen molar-refractivity contribution in [1.29, 1.82) is 0 Å². The molecule has 3 unspecified atom stereocenters. The number of benzene rings is 2. The van der Waals surface area contributed by atoms with E-state index in [4.69, 9.17) is 14.2 Å². The van der Waals surface area contributed by atoms with Gasteiger partial charge in [-0.25, -0.2) is 0 Å². The van der Waals surface area contributed by atoms with Gasteiger partial charge in [-0.15, -0.1) is 0 Å². The largest absolute Gasteiger partial charge is 0.375 e. The molecule has 0 amide bonds. The fraction of sp³-hybridized carbons (Fsp3) is 0.333. The van der Waals surface area contributed by atoms with Crippen molar-refractivity contribution in [3.8, 4) is 0 Å². The molecule has 2 aromatic carbocycles. The SMILES string of the molecule is c1ccc(C2OC2(COCC2CO2)c2ccccc2)cc1. The summed E-state index contributed by atoms with van der Waals surface area (Å²) in [5.74, 6) is 0. The van der Waals surface area contributed by atoms with Gasteiger partial charge in [0, 0.05) is 0 Å². The molecule has 21 heavy (non-hydrogen) atoms. The molecule has 0 aromatic heterocycles. The molecule has 2 aromatic rings. The highest BCUT2D eigenvalue weighted by molar-refractivity contribution is 5.35. The molecule has 0 aliphatic carbocycles. The number of ether oxygens (including phenoxy) is 3. The lowest BCUT2D eigenvalue weighted by Crippen LogP contribution is -2.20. The summed E-state index contributed by atoms with van der Waals surface area (Å²) < 4.78 is 17.1. The summed E-state index contributed by atoms with van der Waals surface area (Å²) in [5.41, 5.74) is 2.03. The van der Waals surface area contributed by atoms with Crippen molar-refractivity contribution in [2.75, 3.05) is 19.8 Å². The molecular formula is C18H18O3. The minimum atomic E-state index is -0.350. The van der Waals surface area contributed by atoms with Gasteiger partial charge in [-0.2, -0.15) is 0 Å². The Hall–Kier alpha value is -1.68. The Morgan fingerprint density at radius 2 is 1.67 bits per heavy atom. The van der Waals surface area contributed by atoms with Crippen molar-refractivity contribution < 1.29 is 14.2 Å². The van der Waals surface area contributed by atoms with Crippen LogP contribution in [0.3, 0.4) is 0 Å². The van der Waals surface area contributed by atoms with Gasteiger partial charge in [0.15, 0.2) is 0 Å². The maximum absolute atomic E-state index is 6.11. The Kier molecular flexibility index (Phi) is 3.26. The third-order valence-electron chi connectivity index (χ3n) is 4.08. The zero-order chi connectivity index (χ0) is 14.1. The first-order valence-corrected chi connectivity index (χ1v) is 7.36. The van der Waals surface area contributed by atoms with Crippen LogP contribution in [0.4, 0.5) is 0 Å². The standard InChI is InChI=1S/C18H18O3/c1-3-7-14(8-4-1)17-18(21-17,13-19-11-16-12-20-16)15-9-5-2-6-10-15/h1-10,16-17H,11-13H2. The summed E-state index contributed by atoms with van der Waals surface area (Å²) in [4.78, 5) is 0. The summed E-state index contributed by atoms with van der Waals surface area (Å²) >= 11 is 0. The Labute approximate surface area is 124 Å². The van der Waals surface area contributed by atoms with Crippen LogP contribution in [0.15, 0.2) is 60.7 Å². The lowest BCUT2D eigenvalue weighted by atomic mass is 9.92. The molecule has 0 saturated carbocycles. The zero-order valence-electron chi connectivity index (χ0n) is 11.8. The average molecular weight is 282 g/mol. The summed E-state index contributed by atoms with van der Waals surface area (Å²) in [6.45, 7) is 2.04. The van der Waals surface area contributed by atoms with E-state index in [1.54, 1.807) is 0 Å². The van der Waals surface area contributed by atoms with Crippen LogP contribution in [0.1, 0.15) is 17.2 Å². The lowest BCUT2D eigenvalue weighted by Gasteiger charge is -2.14. The highest BCUT2D eigenvalue weighted by Gasteiger charge is 2.58. The quantitative estimate of drug-likeness (QED) is 0.764. The highest BCUT2D eigenvalue weighted by atomic mass is 16.6. The van der Waals surface area contributed by atoms with Crippen LogP contribution in [0, 0.1) is 0 Å². The van der Waals surface area contributed by atoms with Crippen molar-refractivity contribution in [2.24, 2.45) is 0 Å². The van der Waals surface area contributed by atoms with Crippen LogP contribution in [0.25, 0.3) is 0 Å². The highest BCUT2D eigenvalue weighted by Crippen LogP contribution is 2.57. The minimum absolute atomic E-state index is 0.0706. The van der Waals surface area contributed by atoms with Crippen LogP contribution < -0.4 is 0 Å². The topological polar surface area (TPSA) is 34.3 Å². The van der Waals surface area contributed by atoms with Crippen molar-refractivity contribution >= 4 is 0 Å². The van der Waals surface area contributed by atoms with Crippen LogP contribution >= 0.6 is 0 Å². The van der Waals surface area contributed by atoms with Crippen molar-refractivity contribution in [2.45, 2.75) is 17.8 Å². The molecule has 4 rings (SSSR count). The molecule has 108 valence electrons. The summed E-state index contributed by atoms with van der Waals surface area (Å²) in [6.07, 6.45) is 0.355. The smallest absolute Gasteiger partial charge is 0.147 e. The second kappa shape index (κ2) is 5.26. The van der Waals surface area contributed by atoms with E-state index in [2.05, 4.69) is 24.3 Å². The molecule has 2 heterocycles. The fourth-order valence-electron chi connectivity index (χ4n) is 2.78. The van der Waals surface area contributed by atoms with Crippen molar-refractivity contribution in [3.05, 3.63) is 71.8 Å². The Balaban J connectivity index is 1.55. The maximum Gasteiger partial charge on any atom is 0.147 e. The van der Waals surface area contributed by atoms with Gasteiger partial charge in [0.1, 0.15) is 17.8 Å². The predicted octanol–water partition coefficient (Wildman–Crippen LogP) is 3.07. The molecule has 0 N–H and O–H groups in total. The Morgan fingerprint density at radius 1 is 1.00 bits per heavy atom. The van der Waals surface area contributed by atoms with E-state index in [1.807, 2.05) is 36.4 Å². The molecule has 0 radical (unpaired) electrons. The molecule has 3 heteroatoms. The maximum atomic E-state index is 6.11. The van der Waals surface area contributed by atoms with Crippen molar-refractivity contribution in [3.63, 3.8) is 0 Å². The van der Waals surface area contributed by atoms with Crippen LogP contribution in [-0.2, 0) is 19.8 Å². The summed E-state index contributed by atoms with van der Waals surface area (Å²) in [5, 5.41) is 0. The second-order valence-corrected chi connectivity index (χ2v) is 5.63. The molecule has 3 atom stereocenters. The third kappa shape index (κ3) is 2.60. The third-order valence-corrected chi connectivity index (χ3v) is 4.08. The van der Waals surface area contributed by atoms with Crippen LogP contribution in [-0.4, -0.2) is 25.9 Å². The first-order valence-electron chi connectivity index (χ1n) is 7.36. The van der Waals surface area contributed by atoms with Gasteiger partial charge >= 0.3 is 0 Å². The molecule has 2 fully saturated rings. The number of epoxide rings is 2. The van der Waals surface area contributed by atoms with E-state index in [1.165, 1.54) is 11.1 Å². The van der Waals surface area contributed by atoms with Crippen LogP contribution in [0.2, 0.25) is 0 Å². The molecule has 2 saturated heterocycles. The average Bonchev–Trinajstić information content (AvgIpc) is 3.45. The van der Waals surface area contributed by atoms with Gasteiger partial charge in [0.25, 0.3) is 0 Å². The molecule has 3 nitrogen and oxygen atoms in total. The molecule has 0 spiro atoms. The van der Waals surface area contributed by atoms with Crippen LogP contribution in [0.5, 0.6) is 0 Å². The van der Waals surface area contributed by atoms with Gasteiger partial charge < -0.3 is 14.2 Å². The summed E-state index contributed by atoms with van der Waals surface area (Å²) in [7, 11) is 0. The lowest BCUT2D eigenvalue weighted by molar-refractivity contribution is 0.0671. The van der Waals surface area contributed by atoms with E-state index in [-0.39, 0.29) is 17.8 Å². The van der Waals surface area contributed by atoms with E-state index < -0.39 is 0 Å². The number of rotatable bonds is 6. The van der Waals surface area contributed by atoms with Gasteiger partial charge in [0.2, 0.25) is 0 Å². The van der Waals surface area contributed by atoms with E-state index >= 15 is 0 Å². The van der Waals surface area contributed by atoms with E-state index in [0.29, 0.717) is 13.2 Å². The molecule has 0 bridgehead atoms. The number of hydrogen-bond donors (Lipinski definition) is 0. The zero-order valence-corrected chi connectivity index (χ0v) is 11.8. The monoisotopic (exact) mass is 282 g/mol. The van der Waals surface area contributed by atoms with Gasteiger partial charge in [-0.05, 0) is 11.1 Å². The first-order chi connectivity index (χ1) is 10.4. The van der Waals surface area contributed by atoms with E-state index in [0.717, 1.165) is 6.61 Å². The van der Waals surface area contributed by atoms with E-state index in [9.17, 15) is 0 Å². The normalized spacial score (nSPS) is 30.1. The Morgan fingerprint density at radius 3 is 2.33 bits per heavy atom. The van der Waals surface area contributed by atoms with Gasteiger partial charge in [-0.1, -0.05) is 60.7 Å². The number of hydrogen-bond acceptors (Lipinski definition) is 3. The van der Waals surface area contributed by atoms with Gasteiger partial charge in [-0.3, -0.25) is 0 Å². The Bertz CT molecular complexity index is 594. The summed E-state index contributed by atoms with van der Waals surface area (Å²) in [6, 6.07) is 20.7. The van der Waals surface area contributed by atoms with Crippen molar-refractivity contribution in [1.82, 2.24) is 0 Å².